The number of benzene rings is 11. The summed E-state index contributed by atoms with van der Waals surface area (Å²) in [5.74, 6) is 1.69. The van der Waals surface area contributed by atoms with Crippen LogP contribution in [-0.4, -0.2) is 0 Å². The minimum Gasteiger partial charge on any atom is -0.453 e. The molecule has 0 aliphatic carbocycles. The van der Waals surface area contributed by atoms with Gasteiger partial charge in [0.05, 0.1) is 17.1 Å². The van der Waals surface area contributed by atoms with Gasteiger partial charge in [0.1, 0.15) is 0 Å². The summed E-state index contributed by atoms with van der Waals surface area (Å²) in [4.78, 5) is 2.39. The maximum absolute atomic E-state index is 6.46. The van der Waals surface area contributed by atoms with Gasteiger partial charge in [-0.3, -0.25) is 0 Å². The van der Waals surface area contributed by atoms with Gasteiger partial charge in [-0.15, -0.1) is 0 Å². The van der Waals surface area contributed by atoms with Gasteiger partial charge in [0.25, 0.3) is 0 Å². The van der Waals surface area contributed by atoms with Gasteiger partial charge >= 0.3 is 0 Å². The zero-order valence-corrected chi connectivity index (χ0v) is 32.7. The summed E-state index contributed by atoms with van der Waals surface area (Å²) in [5.41, 5.74) is 13.0. The highest BCUT2D eigenvalue weighted by Gasteiger charge is 2.29. The molecule has 0 amide bonds. The topological polar surface area (TPSA) is 12.5 Å². The first-order valence-electron chi connectivity index (χ1n) is 20.6. The highest BCUT2D eigenvalue weighted by molar-refractivity contribution is 6.24. The number of hydrogen-bond donors (Lipinski definition) is 0. The normalized spacial score (nSPS) is 12.1. The average Bonchev–Trinajstić information content (AvgIpc) is 3.32. The predicted molar refractivity (Wildman–Crippen MR) is 253 cm³/mol. The molecule has 60 heavy (non-hydrogen) atoms. The lowest BCUT2D eigenvalue weighted by Gasteiger charge is -2.34. The Bertz CT molecular complexity index is 3340. The van der Waals surface area contributed by atoms with E-state index in [-0.39, 0.29) is 0 Å². The molecule has 1 aliphatic rings. The van der Waals surface area contributed by atoms with E-state index in [0.717, 1.165) is 28.6 Å². The first-order valence-corrected chi connectivity index (χ1v) is 20.6. The number of anilines is 3. The minimum absolute atomic E-state index is 0.845. The molecule has 1 aliphatic heterocycles. The number of para-hydroxylation sites is 4. The van der Waals surface area contributed by atoms with E-state index < -0.39 is 0 Å². The van der Waals surface area contributed by atoms with Crippen LogP contribution in [0, 0.1) is 0 Å². The van der Waals surface area contributed by atoms with E-state index in [9.17, 15) is 0 Å². The van der Waals surface area contributed by atoms with Crippen molar-refractivity contribution < 1.29 is 4.74 Å². The van der Waals surface area contributed by atoms with Gasteiger partial charge in [-0.25, -0.2) is 0 Å². The molecule has 2 nitrogen and oxygen atoms in total. The van der Waals surface area contributed by atoms with Crippen molar-refractivity contribution in [2.75, 3.05) is 4.90 Å². The van der Waals surface area contributed by atoms with Crippen LogP contribution < -0.4 is 9.64 Å². The van der Waals surface area contributed by atoms with Crippen molar-refractivity contribution in [2.45, 2.75) is 0 Å². The van der Waals surface area contributed by atoms with Crippen molar-refractivity contribution in [1.29, 1.82) is 0 Å². The maximum Gasteiger partial charge on any atom is 0.151 e. The summed E-state index contributed by atoms with van der Waals surface area (Å²) in [7, 11) is 0. The minimum atomic E-state index is 0.845. The first kappa shape index (κ1) is 34.1. The van der Waals surface area contributed by atoms with Crippen LogP contribution in [0.5, 0.6) is 11.5 Å². The van der Waals surface area contributed by atoms with Crippen LogP contribution >= 0.6 is 0 Å². The highest BCUT2D eigenvalue weighted by Crippen LogP contribution is 2.55. The number of fused-ring (bicyclic) bond motifs is 6. The van der Waals surface area contributed by atoms with Crippen LogP contribution in [0.25, 0.3) is 87.6 Å². The summed E-state index contributed by atoms with van der Waals surface area (Å²) in [6.45, 7) is 0. The molecule has 11 aromatic carbocycles. The van der Waals surface area contributed by atoms with Gasteiger partial charge in [-0.05, 0) is 107 Å². The molecule has 0 saturated heterocycles. The Morgan fingerprint density at radius 3 is 1.12 bits per heavy atom. The second-order valence-electron chi connectivity index (χ2n) is 15.6. The molecule has 0 bridgehead atoms. The molecule has 1 heterocycles. The molecule has 280 valence electrons. The zero-order chi connectivity index (χ0) is 39.6. The Hall–Kier alpha value is -7.94. The lowest BCUT2D eigenvalue weighted by atomic mass is 9.84. The van der Waals surface area contributed by atoms with Crippen molar-refractivity contribution in [3.63, 3.8) is 0 Å². The molecule has 11 aromatic rings. The maximum atomic E-state index is 6.46. The number of rotatable bonds is 5. The highest BCUT2D eigenvalue weighted by atomic mass is 16.5. The Balaban J connectivity index is 1.08. The second-order valence-corrected chi connectivity index (χ2v) is 15.6. The monoisotopic (exact) mass is 763 g/mol. The summed E-state index contributed by atoms with van der Waals surface area (Å²) in [6.07, 6.45) is 0. The molecule has 0 radical (unpaired) electrons. The lowest BCUT2D eigenvalue weighted by molar-refractivity contribution is 0.477. The molecule has 0 N–H and O–H groups in total. The molecule has 12 rings (SSSR count). The van der Waals surface area contributed by atoms with E-state index in [1.54, 1.807) is 0 Å². The van der Waals surface area contributed by atoms with Crippen molar-refractivity contribution in [2.24, 2.45) is 0 Å². The van der Waals surface area contributed by atoms with Crippen LogP contribution in [0.2, 0.25) is 0 Å². The van der Waals surface area contributed by atoms with Crippen LogP contribution in [-0.2, 0) is 0 Å². The third kappa shape index (κ3) is 5.35. The molecule has 0 aromatic heterocycles. The summed E-state index contributed by atoms with van der Waals surface area (Å²) >= 11 is 0. The molecule has 0 spiro atoms. The average molecular weight is 764 g/mol. The second kappa shape index (κ2) is 13.9. The van der Waals surface area contributed by atoms with Crippen LogP contribution in [0.15, 0.2) is 224 Å². The van der Waals surface area contributed by atoms with E-state index in [1.165, 1.54) is 87.6 Å². The van der Waals surface area contributed by atoms with Crippen molar-refractivity contribution in [1.82, 2.24) is 0 Å². The van der Waals surface area contributed by atoms with Crippen LogP contribution in [0.1, 0.15) is 0 Å². The van der Waals surface area contributed by atoms with Gasteiger partial charge in [0.15, 0.2) is 11.5 Å². The Morgan fingerprint density at radius 1 is 0.250 bits per heavy atom. The fourth-order valence-corrected chi connectivity index (χ4v) is 9.62. The van der Waals surface area contributed by atoms with Crippen molar-refractivity contribution >= 4 is 60.2 Å². The fourth-order valence-electron chi connectivity index (χ4n) is 9.62. The molecule has 0 unspecified atom stereocenters. The summed E-state index contributed by atoms with van der Waals surface area (Å²) < 4.78 is 6.46. The Morgan fingerprint density at radius 2 is 0.600 bits per heavy atom. The van der Waals surface area contributed by atoms with Gasteiger partial charge in [-0.1, -0.05) is 194 Å². The number of nitrogens with zero attached hydrogens (tertiary/aromatic N) is 1. The largest absolute Gasteiger partial charge is 0.453 e. The summed E-state index contributed by atoms with van der Waals surface area (Å²) in [5, 5.41) is 9.77. The van der Waals surface area contributed by atoms with Crippen LogP contribution in [0.3, 0.4) is 0 Å². The Kier molecular flexibility index (Phi) is 7.89. The number of hydrogen-bond acceptors (Lipinski definition) is 2. The van der Waals surface area contributed by atoms with E-state index in [0.29, 0.717) is 0 Å². The fraction of sp³-hybridized carbons (Fsp3) is 0. The van der Waals surface area contributed by atoms with Gasteiger partial charge < -0.3 is 9.64 Å². The van der Waals surface area contributed by atoms with E-state index in [4.69, 9.17) is 4.74 Å². The quantitative estimate of drug-likeness (QED) is 0.162. The molecule has 0 saturated carbocycles. The predicted octanol–water partition coefficient (Wildman–Crippen LogP) is 16.5. The van der Waals surface area contributed by atoms with E-state index in [1.807, 2.05) is 12.1 Å². The smallest absolute Gasteiger partial charge is 0.151 e. The molecule has 2 heteroatoms. The molecule has 0 atom stereocenters. The summed E-state index contributed by atoms with van der Waals surface area (Å²) in [6, 6.07) is 81.2. The van der Waals surface area contributed by atoms with Gasteiger partial charge in [-0.2, -0.15) is 0 Å². The molecular weight excluding hydrogens is 727 g/mol. The first-order chi connectivity index (χ1) is 29.8. The molecule has 0 fully saturated rings. The number of ether oxygens (including phenoxy) is 1. The third-order valence-corrected chi connectivity index (χ3v) is 12.2. The SMILES string of the molecule is c1ccc(-c2ccc3c(-c4ccc(-c5c6ccccc6c(N6c7ccccc7Oc7ccccc76)c6ccccc56)cc4)c4ccccc4c(-c4ccccc4)c3c2)cc1. The van der Waals surface area contributed by atoms with E-state index in [2.05, 4.69) is 217 Å². The lowest BCUT2D eigenvalue weighted by Crippen LogP contribution is -2.16. The van der Waals surface area contributed by atoms with Gasteiger partial charge in [0, 0.05) is 10.8 Å². The van der Waals surface area contributed by atoms with Crippen LogP contribution in [0.4, 0.5) is 17.1 Å². The standard InChI is InChI=1S/C58H37NO/c1-3-17-38(18-4-1)42-35-36-47-50(37-42)57(39-19-5-2-6-20-39)44-22-8-7-21-43(44)55(47)40-31-33-41(34-32-40)56-45-23-9-11-25-48(45)58(49-26-12-10-24-46(49)56)59-51-27-13-15-29-53(51)60-54-30-16-14-28-52(54)59/h1-37H. The van der Waals surface area contributed by atoms with Gasteiger partial charge in [0.2, 0.25) is 0 Å². The van der Waals surface area contributed by atoms with Crippen molar-refractivity contribution in [3.8, 4) is 56.0 Å². The molecular formula is C58H37NO. The third-order valence-electron chi connectivity index (χ3n) is 12.2. The van der Waals surface area contributed by atoms with Crippen molar-refractivity contribution in [3.05, 3.63) is 224 Å². The zero-order valence-electron chi connectivity index (χ0n) is 32.7. The van der Waals surface area contributed by atoms with E-state index >= 15 is 0 Å². The Labute approximate surface area is 348 Å².